The third-order valence-corrected chi connectivity index (χ3v) is 4.61. The summed E-state index contributed by atoms with van der Waals surface area (Å²) in [6.07, 6.45) is 2.00. The van der Waals surface area contributed by atoms with Gasteiger partial charge in [-0.05, 0) is 48.5 Å². The van der Waals surface area contributed by atoms with Gasteiger partial charge in [-0.25, -0.2) is 0 Å². The first kappa shape index (κ1) is 19.1. The number of amides is 2. The van der Waals surface area contributed by atoms with Gasteiger partial charge >= 0.3 is 0 Å². The fourth-order valence-corrected chi connectivity index (χ4v) is 3.09. The largest absolute Gasteiger partial charge is 0.351 e. The molecule has 25 heavy (non-hydrogen) atoms. The quantitative estimate of drug-likeness (QED) is 0.602. The van der Waals surface area contributed by atoms with Crippen molar-refractivity contribution in [2.24, 2.45) is 0 Å². The Kier molecular flexibility index (Phi) is 7.63. The highest BCUT2D eigenvalue weighted by Crippen LogP contribution is 2.24. The molecule has 1 heterocycles. The van der Waals surface area contributed by atoms with E-state index in [2.05, 4.69) is 29.8 Å². The number of rotatable bonds is 9. The summed E-state index contributed by atoms with van der Waals surface area (Å²) in [5, 5.41) is 11.3. The first-order valence-corrected chi connectivity index (χ1v) is 9.50. The number of benzene rings is 1. The van der Waals surface area contributed by atoms with Crippen LogP contribution in [0.25, 0.3) is 0 Å². The average Bonchev–Trinajstić information content (AvgIpc) is 3.09. The van der Waals surface area contributed by atoms with Crippen molar-refractivity contribution in [3.05, 3.63) is 52.4 Å². The smallest absolute Gasteiger partial charge is 0.256 e. The average molecular weight is 359 g/mol. The lowest BCUT2D eigenvalue weighted by atomic mass is 10.1. The van der Waals surface area contributed by atoms with Gasteiger partial charge in [-0.2, -0.15) is 0 Å². The summed E-state index contributed by atoms with van der Waals surface area (Å²) in [4.78, 5) is 24.6. The van der Waals surface area contributed by atoms with Crippen LogP contribution in [-0.4, -0.2) is 31.4 Å². The highest BCUT2D eigenvalue weighted by Gasteiger charge is 2.15. The standard InChI is InChI=1S/C19H25N3O2S/c1-3-10-20-11-12-21-18(24)16-9-13-25-19(16)22-17(23)15-7-5-14(4-2)6-8-15/h5-9,13,20H,3-4,10-12H2,1-2H3,(H,21,24)(H,22,23). The number of carbonyl (C=O) groups excluding carboxylic acids is 2. The molecule has 0 saturated heterocycles. The maximum Gasteiger partial charge on any atom is 0.256 e. The monoisotopic (exact) mass is 359 g/mol. The zero-order chi connectivity index (χ0) is 18.1. The summed E-state index contributed by atoms with van der Waals surface area (Å²) in [6.45, 7) is 6.40. The molecular weight excluding hydrogens is 334 g/mol. The summed E-state index contributed by atoms with van der Waals surface area (Å²) in [5.41, 5.74) is 2.27. The van der Waals surface area contributed by atoms with Crippen LogP contribution in [0.1, 0.15) is 46.5 Å². The Morgan fingerprint density at radius 3 is 2.40 bits per heavy atom. The molecule has 0 fully saturated rings. The second-order valence-electron chi connectivity index (χ2n) is 5.67. The van der Waals surface area contributed by atoms with Gasteiger partial charge in [0.15, 0.2) is 0 Å². The van der Waals surface area contributed by atoms with Crippen LogP contribution in [0.5, 0.6) is 0 Å². The molecule has 0 aliphatic heterocycles. The normalized spacial score (nSPS) is 10.5. The Morgan fingerprint density at radius 2 is 1.72 bits per heavy atom. The van der Waals surface area contributed by atoms with E-state index in [1.54, 1.807) is 23.6 Å². The Bertz CT molecular complexity index is 695. The topological polar surface area (TPSA) is 70.2 Å². The Balaban J connectivity index is 1.93. The lowest BCUT2D eigenvalue weighted by molar-refractivity contribution is 0.0955. The Labute approximate surface area is 152 Å². The van der Waals surface area contributed by atoms with E-state index in [9.17, 15) is 9.59 Å². The fourth-order valence-electron chi connectivity index (χ4n) is 2.31. The van der Waals surface area contributed by atoms with Crippen molar-refractivity contribution in [2.75, 3.05) is 25.0 Å². The van der Waals surface area contributed by atoms with Crippen molar-refractivity contribution in [2.45, 2.75) is 26.7 Å². The number of aryl methyl sites for hydroxylation is 1. The van der Waals surface area contributed by atoms with Gasteiger partial charge in [0.2, 0.25) is 0 Å². The third kappa shape index (κ3) is 5.69. The molecule has 2 rings (SSSR count). The van der Waals surface area contributed by atoms with Crippen LogP contribution in [-0.2, 0) is 6.42 Å². The summed E-state index contributed by atoms with van der Waals surface area (Å²) < 4.78 is 0. The number of carbonyl (C=O) groups is 2. The molecule has 134 valence electrons. The molecule has 1 aromatic heterocycles. The minimum absolute atomic E-state index is 0.170. The molecule has 6 heteroatoms. The van der Waals surface area contributed by atoms with E-state index in [0.717, 1.165) is 25.9 Å². The van der Waals surface area contributed by atoms with Gasteiger partial charge in [-0.15, -0.1) is 11.3 Å². The van der Waals surface area contributed by atoms with Crippen molar-refractivity contribution in [3.63, 3.8) is 0 Å². The molecule has 0 bridgehead atoms. The number of nitrogens with one attached hydrogen (secondary N) is 3. The number of thiophene rings is 1. The van der Waals surface area contributed by atoms with Crippen LogP contribution in [0.2, 0.25) is 0 Å². The van der Waals surface area contributed by atoms with Gasteiger partial charge in [-0.3, -0.25) is 9.59 Å². The molecule has 0 radical (unpaired) electrons. The first-order valence-electron chi connectivity index (χ1n) is 8.62. The molecule has 1 aromatic carbocycles. The zero-order valence-electron chi connectivity index (χ0n) is 14.7. The van der Waals surface area contributed by atoms with E-state index < -0.39 is 0 Å². The molecule has 3 N–H and O–H groups in total. The van der Waals surface area contributed by atoms with Gasteiger partial charge < -0.3 is 16.0 Å². The van der Waals surface area contributed by atoms with Crippen molar-refractivity contribution in [3.8, 4) is 0 Å². The summed E-state index contributed by atoms with van der Waals surface area (Å²) in [7, 11) is 0. The Morgan fingerprint density at radius 1 is 0.960 bits per heavy atom. The van der Waals surface area contributed by atoms with Crippen LogP contribution >= 0.6 is 11.3 Å². The van der Waals surface area contributed by atoms with Crippen LogP contribution < -0.4 is 16.0 Å². The second kappa shape index (κ2) is 9.96. The van der Waals surface area contributed by atoms with Gasteiger partial charge in [0.25, 0.3) is 11.8 Å². The predicted molar refractivity (Wildman–Crippen MR) is 104 cm³/mol. The third-order valence-electron chi connectivity index (χ3n) is 3.78. The van der Waals surface area contributed by atoms with Crippen LogP contribution in [0, 0.1) is 0 Å². The lowest BCUT2D eigenvalue weighted by Gasteiger charge is -2.08. The predicted octanol–water partition coefficient (Wildman–Crippen LogP) is 3.29. The molecular formula is C19H25N3O2S. The summed E-state index contributed by atoms with van der Waals surface area (Å²) in [5.74, 6) is -0.375. The van der Waals surface area contributed by atoms with E-state index in [4.69, 9.17) is 0 Å². The van der Waals surface area contributed by atoms with E-state index in [1.165, 1.54) is 16.9 Å². The lowest BCUT2D eigenvalue weighted by Crippen LogP contribution is -2.32. The number of hydrogen-bond acceptors (Lipinski definition) is 4. The molecule has 2 amide bonds. The van der Waals surface area contributed by atoms with Crippen molar-refractivity contribution < 1.29 is 9.59 Å². The van der Waals surface area contributed by atoms with E-state index in [0.29, 0.717) is 22.7 Å². The number of hydrogen-bond donors (Lipinski definition) is 3. The maximum absolute atomic E-state index is 12.4. The highest BCUT2D eigenvalue weighted by atomic mass is 32.1. The minimum Gasteiger partial charge on any atom is -0.351 e. The number of anilines is 1. The van der Waals surface area contributed by atoms with Crippen LogP contribution in [0.15, 0.2) is 35.7 Å². The second-order valence-corrected chi connectivity index (χ2v) is 6.59. The van der Waals surface area contributed by atoms with Crippen molar-refractivity contribution in [1.29, 1.82) is 0 Å². The fraction of sp³-hybridized carbons (Fsp3) is 0.368. The van der Waals surface area contributed by atoms with Gasteiger partial charge in [0.1, 0.15) is 5.00 Å². The molecule has 0 aliphatic rings. The SMILES string of the molecule is CCCNCCNC(=O)c1ccsc1NC(=O)c1ccc(CC)cc1. The maximum atomic E-state index is 12.4. The van der Waals surface area contributed by atoms with E-state index >= 15 is 0 Å². The van der Waals surface area contributed by atoms with E-state index in [-0.39, 0.29) is 11.8 Å². The summed E-state index contributed by atoms with van der Waals surface area (Å²) >= 11 is 1.35. The molecule has 0 saturated carbocycles. The van der Waals surface area contributed by atoms with E-state index in [1.807, 2.05) is 12.1 Å². The Hall–Kier alpha value is -2.18. The van der Waals surface area contributed by atoms with Crippen LogP contribution in [0.4, 0.5) is 5.00 Å². The zero-order valence-corrected chi connectivity index (χ0v) is 15.5. The van der Waals surface area contributed by atoms with Crippen molar-refractivity contribution >= 4 is 28.2 Å². The van der Waals surface area contributed by atoms with Crippen molar-refractivity contribution in [1.82, 2.24) is 10.6 Å². The molecule has 0 atom stereocenters. The van der Waals surface area contributed by atoms with Crippen LogP contribution in [0.3, 0.4) is 0 Å². The molecule has 0 spiro atoms. The highest BCUT2D eigenvalue weighted by molar-refractivity contribution is 7.14. The van der Waals surface area contributed by atoms with Gasteiger partial charge in [0.05, 0.1) is 5.56 Å². The summed E-state index contributed by atoms with van der Waals surface area (Å²) in [6, 6.07) is 9.23. The molecule has 0 unspecified atom stereocenters. The molecule has 5 nitrogen and oxygen atoms in total. The van der Waals surface area contributed by atoms with Gasteiger partial charge in [-0.1, -0.05) is 26.0 Å². The van der Waals surface area contributed by atoms with Gasteiger partial charge in [0, 0.05) is 18.7 Å². The molecule has 2 aromatic rings. The molecule has 0 aliphatic carbocycles. The minimum atomic E-state index is -0.205. The first-order chi connectivity index (χ1) is 12.2.